The zero-order chi connectivity index (χ0) is 14.9. The smallest absolute Gasteiger partial charge is 0.121 e. The van der Waals surface area contributed by atoms with Crippen molar-refractivity contribution in [1.82, 2.24) is 10.2 Å². The second-order valence-corrected chi connectivity index (χ2v) is 5.46. The second kappa shape index (κ2) is 8.90. The highest BCUT2D eigenvalue weighted by atomic mass is 16.5. The van der Waals surface area contributed by atoms with Gasteiger partial charge in [-0.15, -0.1) is 0 Å². The van der Waals surface area contributed by atoms with Crippen LogP contribution in [-0.2, 0) is 0 Å². The van der Waals surface area contributed by atoms with Crippen LogP contribution in [0.2, 0.25) is 0 Å². The molecule has 0 atom stereocenters. The molecule has 2 rings (SSSR count). The van der Waals surface area contributed by atoms with Crippen LogP contribution in [-0.4, -0.2) is 57.3 Å². The second-order valence-electron chi connectivity index (χ2n) is 5.46. The van der Waals surface area contributed by atoms with Crippen LogP contribution in [0.15, 0.2) is 24.3 Å². The third-order valence-electron chi connectivity index (χ3n) is 4.09. The number of likely N-dealkylation sites (N-methyl/N-ethyl adjacent to an activating group) is 1. The minimum absolute atomic E-state index is 0.757. The summed E-state index contributed by atoms with van der Waals surface area (Å²) in [5, 5.41) is 3.44. The van der Waals surface area contributed by atoms with E-state index in [0.717, 1.165) is 58.2 Å². The van der Waals surface area contributed by atoms with Crippen LogP contribution in [0.4, 0.5) is 5.69 Å². The molecular weight excluding hydrogens is 262 g/mol. The van der Waals surface area contributed by atoms with E-state index >= 15 is 0 Å². The van der Waals surface area contributed by atoms with Crippen LogP contribution in [0.1, 0.15) is 20.3 Å². The van der Waals surface area contributed by atoms with Crippen LogP contribution >= 0.6 is 0 Å². The van der Waals surface area contributed by atoms with E-state index in [2.05, 4.69) is 53.2 Å². The number of anilines is 1. The molecule has 1 N–H and O–H groups in total. The maximum atomic E-state index is 5.92. The van der Waals surface area contributed by atoms with Crippen molar-refractivity contribution in [3.05, 3.63) is 24.3 Å². The molecule has 0 bridgehead atoms. The fraction of sp³-hybridized carbons (Fsp3) is 0.647. The van der Waals surface area contributed by atoms with Crippen LogP contribution in [0.25, 0.3) is 0 Å². The molecule has 1 fully saturated rings. The normalized spacial score (nSPS) is 16.0. The maximum absolute atomic E-state index is 5.92. The summed E-state index contributed by atoms with van der Waals surface area (Å²) in [6.45, 7) is 12.7. The van der Waals surface area contributed by atoms with Crippen LogP contribution in [0.3, 0.4) is 0 Å². The molecule has 0 spiro atoms. The van der Waals surface area contributed by atoms with Crippen molar-refractivity contribution in [2.24, 2.45) is 0 Å². The van der Waals surface area contributed by atoms with Crippen molar-refractivity contribution in [1.29, 1.82) is 0 Å². The van der Waals surface area contributed by atoms with Gasteiger partial charge in [-0.2, -0.15) is 0 Å². The van der Waals surface area contributed by atoms with Crippen LogP contribution < -0.4 is 15.0 Å². The lowest BCUT2D eigenvalue weighted by Gasteiger charge is -2.23. The standard InChI is InChI=1S/C17H29N3O/c1-3-19(4-2)13-14-21-17-8-5-7-16(15-17)20-11-6-9-18-10-12-20/h5,7-8,15,18H,3-4,6,9-14H2,1-2H3. The molecule has 1 aliphatic rings. The molecule has 118 valence electrons. The summed E-state index contributed by atoms with van der Waals surface area (Å²) in [7, 11) is 0. The van der Waals surface area contributed by atoms with Gasteiger partial charge in [-0.25, -0.2) is 0 Å². The molecule has 21 heavy (non-hydrogen) atoms. The quantitative estimate of drug-likeness (QED) is 0.833. The summed E-state index contributed by atoms with van der Waals surface area (Å²) in [5.41, 5.74) is 1.28. The van der Waals surface area contributed by atoms with E-state index in [0.29, 0.717) is 0 Å². The first-order valence-electron chi connectivity index (χ1n) is 8.24. The number of benzene rings is 1. The molecule has 4 nitrogen and oxygen atoms in total. The Balaban J connectivity index is 1.88. The first-order chi connectivity index (χ1) is 10.3. The molecular formula is C17H29N3O. The first kappa shape index (κ1) is 16.1. The Labute approximate surface area is 129 Å². The molecule has 0 amide bonds. The largest absolute Gasteiger partial charge is 0.492 e. The van der Waals surface area contributed by atoms with Gasteiger partial charge in [0.1, 0.15) is 12.4 Å². The average Bonchev–Trinajstić information content (AvgIpc) is 2.81. The Hall–Kier alpha value is -1.26. The third-order valence-corrected chi connectivity index (χ3v) is 4.09. The summed E-state index contributed by atoms with van der Waals surface area (Å²) in [4.78, 5) is 4.82. The fourth-order valence-electron chi connectivity index (χ4n) is 2.71. The van der Waals surface area contributed by atoms with Crippen LogP contribution in [0.5, 0.6) is 5.75 Å². The Morgan fingerprint density at radius 3 is 2.86 bits per heavy atom. The van der Waals surface area contributed by atoms with E-state index in [1.807, 2.05) is 0 Å². The topological polar surface area (TPSA) is 27.7 Å². The van der Waals surface area contributed by atoms with Gasteiger partial charge in [0.2, 0.25) is 0 Å². The van der Waals surface area contributed by atoms with Gasteiger partial charge in [-0.05, 0) is 38.2 Å². The molecule has 0 saturated carbocycles. The Kier molecular flexibility index (Phi) is 6.83. The SMILES string of the molecule is CCN(CC)CCOc1cccc(N2CCCNCC2)c1. The summed E-state index contributed by atoms with van der Waals surface area (Å²) in [5.74, 6) is 0.983. The van der Waals surface area contributed by atoms with E-state index < -0.39 is 0 Å². The molecule has 1 aliphatic heterocycles. The molecule has 0 radical (unpaired) electrons. The highest BCUT2D eigenvalue weighted by molar-refractivity contribution is 5.50. The van der Waals surface area contributed by atoms with Crippen molar-refractivity contribution >= 4 is 5.69 Å². The van der Waals surface area contributed by atoms with Crippen molar-refractivity contribution in [2.45, 2.75) is 20.3 Å². The minimum atomic E-state index is 0.757. The summed E-state index contributed by atoms with van der Waals surface area (Å²) < 4.78 is 5.92. The molecule has 1 saturated heterocycles. The zero-order valence-electron chi connectivity index (χ0n) is 13.5. The lowest BCUT2D eigenvalue weighted by atomic mass is 10.2. The van der Waals surface area contributed by atoms with E-state index in [-0.39, 0.29) is 0 Å². The summed E-state index contributed by atoms with van der Waals surface area (Å²) in [6.07, 6.45) is 1.20. The van der Waals surface area contributed by atoms with Gasteiger partial charge in [0.15, 0.2) is 0 Å². The third kappa shape index (κ3) is 5.21. The van der Waals surface area contributed by atoms with Crippen molar-refractivity contribution < 1.29 is 4.74 Å². The van der Waals surface area contributed by atoms with E-state index in [1.165, 1.54) is 12.1 Å². The molecule has 1 aromatic carbocycles. The molecule has 1 heterocycles. The number of rotatable bonds is 7. The minimum Gasteiger partial charge on any atom is -0.492 e. The van der Waals surface area contributed by atoms with Gasteiger partial charge in [-0.1, -0.05) is 19.9 Å². The fourth-order valence-corrected chi connectivity index (χ4v) is 2.71. The molecule has 4 heteroatoms. The van der Waals surface area contributed by atoms with Gasteiger partial charge in [0.05, 0.1) is 0 Å². The molecule has 1 aromatic rings. The number of hydrogen-bond donors (Lipinski definition) is 1. The van der Waals surface area contributed by atoms with Gasteiger partial charge >= 0.3 is 0 Å². The van der Waals surface area contributed by atoms with Gasteiger partial charge < -0.3 is 19.9 Å². The van der Waals surface area contributed by atoms with Crippen molar-refractivity contribution in [3.63, 3.8) is 0 Å². The number of nitrogens with one attached hydrogen (secondary N) is 1. The number of nitrogens with zero attached hydrogens (tertiary/aromatic N) is 2. The average molecular weight is 291 g/mol. The summed E-state index contributed by atoms with van der Waals surface area (Å²) in [6, 6.07) is 8.51. The van der Waals surface area contributed by atoms with Crippen molar-refractivity contribution in [2.75, 3.05) is 57.3 Å². The predicted octanol–water partition coefficient (Wildman–Crippen LogP) is 2.21. The lowest BCUT2D eigenvalue weighted by Crippen LogP contribution is -2.28. The predicted molar refractivity (Wildman–Crippen MR) is 89.4 cm³/mol. The molecule has 0 aliphatic carbocycles. The highest BCUT2D eigenvalue weighted by Crippen LogP contribution is 2.21. The maximum Gasteiger partial charge on any atom is 0.121 e. The summed E-state index contributed by atoms with van der Waals surface area (Å²) >= 11 is 0. The Morgan fingerprint density at radius 1 is 1.19 bits per heavy atom. The van der Waals surface area contributed by atoms with Crippen LogP contribution in [0, 0.1) is 0 Å². The number of hydrogen-bond acceptors (Lipinski definition) is 4. The van der Waals surface area contributed by atoms with E-state index in [4.69, 9.17) is 4.74 Å². The Bertz CT molecular complexity index is 399. The first-order valence-corrected chi connectivity index (χ1v) is 8.24. The Morgan fingerprint density at radius 2 is 2.05 bits per heavy atom. The van der Waals surface area contributed by atoms with Crippen molar-refractivity contribution in [3.8, 4) is 5.75 Å². The molecule has 0 unspecified atom stereocenters. The number of ether oxygens (including phenoxy) is 1. The zero-order valence-corrected chi connectivity index (χ0v) is 13.5. The van der Waals surface area contributed by atoms with E-state index in [9.17, 15) is 0 Å². The van der Waals surface area contributed by atoms with Gasteiger partial charge in [0, 0.05) is 37.9 Å². The van der Waals surface area contributed by atoms with E-state index in [1.54, 1.807) is 0 Å². The monoisotopic (exact) mass is 291 g/mol. The molecule has 0 aromatic heterocycles. The van der Waals surface area contributed by atoms with Gasteiger partial charge in [-0.3, -0.25) is 0 Å². The van der Waals surface area contributed by atoms with Gasteiger partial charge in [0.25, 0.3) is 0 Å². The lowest BCUT2D eigenvalue weighted by molar-refractivity contribution is 0.223. The highest BCUT2D eigenvalue weighted by Gasteiger charge is 2.10.